The maximum atomic E-state index is 12.8. The molecule has 2 nitrogen and oxygen atoms in total. The average molecular weight is 228 g/mol. The first kappa shape index (κ1) is 12.4. The van der Waals surface area contributed by atoms with Gasteiger partial charge in [-0.15, -0.1) is 13.2 Å². The molecule has 1 rings (SSSR count). The van der Waals surface area contributed by atoms with Crippen LogP contribution in [-0.4, -0.2) is 18.5 Å². The van der Waals surface area contributed by atoms with E-state index in [1.807, 2.05) is 0 Å². The van der Waals surface area contributed by atoms with E-state index in [2.05, 4.69) is 4.74 Å². The second kappa shape index (κ2) is 4.92. The molecule has 0 bridgehead atoms. The molecule has 15 heavy (non-hydrogen) atoms. The van der Waals surface area contributed by atoms with Crippen molar-refractivity contribution in [1.29, 1.82) is 0 Å². The summed E-state index contributed by atoms with van der Waals surface area (Å²) in [6, 6.07) is 0. The lowest BCUT2D eigenvalue weighted by Gasteiger charge is -2.22. The first-order valence-corrected chi connectivity index (χ1v) is 4.82. The van der Waals surface area contributed by atoms with Crippen LogP contribution in [0.1, 0.15) is 32.1 Å². The maximum absolute atomic E-state index is 12.8. The van der Waals surface area contributed by atoms with Crippen molar-refractivity contribution in [3.8, 4) is 0 Å². The summed E-state index contributed by atoms with van der Waals surface area (Å²) in [6.07, 6.45) is -4.58. The van der Waals surface area contributed by atoms with Gasteiger partial charge in [0.1, 0.15) is 0 Å². The zero-order valence-electron chi connectivity index (χ0n) is 8.02. The van der Waals surface area contributed by atoms with Gasteiger partial charge in [0.2, 0.25) is 0 Å². The molecule has 6 heteroatoms. The van der Waals surface area contributed by atoms with Gasteiger partial charge in [0.25, 0.3) is 6.36 Å². The third kappa shape index (κ3) is 4.15. The zero-order chi connectivity index (χ0) is 11.5. The van der Waals surface area contributed by atoms with E-state index in [0.29, 0.717) is 12.8 Å². The third-order valence-corrected chi connectivity index (χ3v) is 2.47. The molecule has 0 radical (unpaired) electrons. The number of ether oxygens (including phenoxy) is 1. The van der Waals surface area contributed by atoms with E-state index in [-0.39, 0.29) is 0 Å². The molecule has 1 fully saturated rings. The number of carbonyl (C=O) groups is 1. The van der Waals surface area contributed by atoms with Gasteiger partial charge in [-0.25, -0.2) is 9.13 Å². The highest BCUT2D eigenvalue weighted by Crippen LogP contribution is 2.28. The summed E-state index contributed by atoms with van der Waals surface area (Å²) in [5.74, 6) is -1.69. The number of Topliss-reactive ketones (excluding diaryl/α,β-unsaturated/α-hetero) is 1. The van der Waals surface area contributed by atoms with Crippen molar-refractivity contribution in [3.05, 3.63) is 0 Å². The van der Waals surface area contributed by atoms with E-state index >= 15 is 0 Å². The van der Waals surface area contributed by atoms with Crippen molar-refractivity contribution in [2.45, 2.75) is 44.8 Å². The molecule has 1 saturated carbocycles. The number of ketones is 1. The van der Waals surface area contributed by atoms with Crippen molar-refractivity contribution in [2.75, 3.05) is 0 Å². The fraction of sp³-hybridized carbons (Fsp3) is 0.889. The van der Waals surface area contributed by atoms with Crippen LogP contribution in [0.15, 0.2) is 0 Å². The third-order valence-electron chi connectivity index (χ3n) is 2.47. The molecule has 1 aliphatic carbocycles. The molecule has 1 atom stereocenters. The van der Waals surface area contributed by atoms with Crippen LogP contribution >= 0.6 is 0 Å². The van der Waals surface area contributed by atoms with Gasteiger partial charge in [-0.05, 0) is 12.8 Å². The van der Waals surface area contributed by atoms with Gasteiger partial charge >= 0.3 is 6.36 Å². The van der Waals surface area contributed by atoms with E-state index in [4.69, 9.17) is 0 Å². The summed E-state index contributed by atoms with van der Waals surface area (Å²) in [4.78, 5) is 11.2. The van der Waals surface area contributed by atoms with Gasteiger partial charge in [-0.1, -0.05) is 19.3 Å². The van der Waals surface area contributed by atoms with Gasteiger partial charge in [0.05, 0.1) is 0 Å². The van der Waals surface area contributed by atoms with Crippen molar-refractivity contribution >= 4 is 5.78 Å². The SMILES string of the molecule is O=C(C1CCCCC1)C(F)OC(F)(F)F. The minimum atomic E-state index is -5.09. The smallest absolute Gasteiger partial charge is 0.293 e. The van der Waals surface area contributed by atoms with Crippen LogP contribution in [-0.2, 0) is 9.53 Å². The minimum absolute atomic E-state index is 0.459. The molecule has 0 spiro atoms. The Labute approximate surface area is 84.6 Å². The molecular formula is C9H12F4O2. The summed E-state index contributed by atoms with van der Waals surface area (Å²) in [5, 5.41) is 0. The van der Waals surface area contributed by atoms with E-state index in [1.54, 1.807) is 0 Å². The Balaban J connectivity index is 2.44. The molecule has 0 heterocycles. The van der Waals surface area contributed by atoms with E-state index in [0.717, 1.165) is 19.3 Å². The average Bonchev–Trinajstić information content (AvgIpc) is 2.15. The van der Waals surface area contributed by atoms with Gasteiger partial charge < -0.3 is 0 Å². The Morgan fingerprint density at radius 2 is 1.73 bits per heavy atom. The predicted molar refractivity (Wildman–Crippen MR) is 43.6 cm³/mol. The minimum Gasteiger partial charge on any atom is -0.293 e. The van der Waals surface area contributed by atoms with E-state index in [9.17, 15) is 22.4 Å². The monoisotopic (exact) mass is 228 g/mol. The fourth-order valence-corrected chi connectivity index (χ4v) is 1.75. The Morgan fingerprint density at radius 3 is 2.20 bits per heavy atom. The summed E-state index contributed by atoms with van der Waals surface area (Å²) in [7, 11) is 0. The number of hydrogen-bond donors (Lipinski definition) is 0. The van der Waals surface area contributed by atoms with Crippen LogP contribution in [0.2, 0.25) is 0 Å². The molecule has 0 saturated heterocycles. The van der Waals surface area contributed by atoms with Crippen molar-refractivity contribution < 1.29 is 27.1 Å². The topological polar surface area (TPSA) is 26.3 Å². The molecule has 0 aliphatic heterocycles. The standard InChI is InChI=1S/C9H12F4O2/c10-8(15-9(11,12)13)7(14)6-4-2-1-3-5-6/h6,8H,1-5H2. The quantitative estimate of drug-likeness (QED) is 0.694. The van der Waals surface area contributed by atoms with Crippen molar-refractivity contribution in [2.24, 2.45) is 5.92 Å². The highest BCUT2D eigenvalue weighted by atomic mass is 19.4. The first-order chi connectivity index (χ1) is 6.90. The highest BCUT2D eigenvalue weighted by molar-refractivity contribution is 5.84. The highest BCUT2D eigenvalue weighted by Gasteiger charge is 2.39. The lowest BCUT2D eigenvalue weighted by atomic mass is 9.86. The molecule has 88 valence electrons. The maximum Gasteiger partial charge on any atom is 0.525 e. The summed E-state index contributed by atoms with van der Waals surface area (Å²) < 4.78 is 50.7. The summed E-state index contributed by atoms with van der Waals surface area (Å²) in [5.41, 5.74) is 0. The Hall–Kier alpha value is -0.650. The first-order valence-electron chi connectivity index (χ1n) is 4.82. The Kier molecular flexibility index (Phi) is 4.07. The number of hydrogen-bond acceptors (Lipinski definition) is 2. The lowest BCUT2D eigenvalue weighted by Crippen LogP contribution is -2.32. The van der Waals surface area contributed by atoms with Crippen LogP contribution in [0, 0.1) is 5.92 Å². The molecule has 0 amide bonds. The molecule has 0 aromatic carbocycles. The molecule has 0 N–H and O–H groups in total. The molecule has 1 unspecified atom stereocenters. The number of halogens is 4. The number of carbonyl (C=O) groups excluding carboxylic acids is 1. The van der Waals surface area contributed by atoms with Crippen LogP contribution in [0.3, 0.4) is 0 Å². The van der Waals surface area contributed by atoms with E-state index < -0.39 is 24.4 Å². The largest absolute Gasteiger partial charge is 0.525 e. The number of alkyl halides is 4. The van der Waals surface area contributed by atoms with Crippen LogP contribution in [0.25, 0.3) is 0 Å². The Morgan fingerprint density at radius 1 is 1.20 bits per heavy atom. The van der Waals surface area contributed by atoms with Crippen molar-refractivity contribution in [1.82, 2.24) is 0 Å². The second-order valence-electron chi connectivity index (χ2n) is 3.62. The van der Waals surface area contributed by atoms with Gasteiger partial charge in [0.15, 0.2) is 5.78 Å². The second-order valence-corrected chi connectivity index (χ2v) is 3.62. The predicted octanol–water partition coefficient (Wildman–Crippen LogP) is 2.97. The Bertz CT molecular complexity index is 221. The van der Waals surface area contributed by atoms with Gasteiger partial charge in [-0.2, -0.15) is 0 Å². The van der Waals surface area contributed by atoms with E-state index in [1.165, 1.54) is 0 Å². The van der Waals surface area contributed by atoms with Crippen LogP contribution in [0.4, 0.5) is 17.6 Å². The lowest BCUT2D eigenvalue weighted by molar-refractivity contribution is -0.353. The van der Waals surface area contributed by atoms with Gasteiger partial charge in [0, 0.05) is 5.92 Å². The normalized spacial score (nSPS) is 21.3. The number of rotatable bonds is 3. The van der Waals surface area contributed by atoms with Crippen LogP contribution < -0.4 is 0 Å². The van der Waals surface area contributed by atoms with Crippen molar-refractivity contribution in [3.63, 3.8) is 0 Å². The fourth-order valence-electron chi connectivity index (χ4n) is 1.75. The zero-order valence-corrected chi connectivity index (χ0v) is 8.02. The molecule has 0 aromatic heterocycles. The summed E-state index contributed by atoms with van der Waals surface area (Å²) >= 11 is 0. The van der Waals surface area contributed by atoms with Gasteiger partial charge in [-0.3, -0.25) is 4.79 Å². The molecular weight excluding hydrogens is 216 g/mol. The summed E-state index contributed by atoms with van der Waals surface area (Å²) in [6.45, 7) is 0. The molecule has 1 aliphatic rings. The molecule has 0 aromatic rings. The van der Waals surface area contributed by atoms with Crippen LogP contribution in [0.5, 0.6) is 0 Å².